The van der Waals surface area contributed by atoms with Crippen molar-refractivity contribution in [3.8, 4) is 0 Å². The Morgan fingerprint density at radius 3 is 2.89 bits per heavy atom. The Morgan fingerprint density at radius 1 is 1.78 bits per heavy atom. The molecule has 1 unspecified atom stereocenters. The zero-order valence-electron chi connectivity index (χ0n) is 5.63. The molecule has 1 rings (SSSR count). The Balaban J connectivity index is 2.37. The Labute approximate surface area is 55.0 Å². The molecule has 1 heterocycles. The van der Waals surface area contributed by atoms with Gasteiger partial charge in [-0.25, -0.2) is 5.32 Å². The van der Waals surface area contributed by atoms with Gasteiger partial charge in [-0.15, -0.1) is 0 Å². The lowest BCUT2D eigenvalue weighted by atomic mass is 10.0. The van der Waals surface area contributed by atoms with Crippen LogP contribution in [0.4, 0.5) is 0 Å². The smallest absolute Gasteiger partial charge is 0.0792 e. The third-order valence-corrected chi connectivity index (χ3v) is 1.48. The molecule has 0 aromatic carbocycles. The van der Waals surface area contributed by atoms with E-state index in [1.807, 2.05) is 6.92 Å². The summed E-state index contributed by atoms with van der Waals surface area (Å²) in [6.45, 7) is 3.97. The van der Waals surface area contributed by atoms with E-state index in [0.29, 0.717) is 13.2 Å². The summed E-state index contributed by atoms with van der Waals surface area (Å²) >= 11 is 0. The highest BCUT2D eigenvalue weighted by atomic mass is 16.5. The van der Waals surface area contributed by atoms with Crippen molar-refractivity contribution >= 4 is 0 Å². The lowest BCUT2D eigenvalue weighted by molar-refractivity contribution is 0.00541. The van der Waals surface area contributed by atoms with Crippen LogP contribution < -0.4 is 5.32 Å². The van der Waals surface area contributed by atoms with Gasteiger partial charge in [0.2, 0.25) is 0 Å². The van der Waals surface area contributed by atoms with Crippen LogP contribution in [0.1, 0.15) is 6.92 Å². The topological polar surface area (TPSA) is 43.6 Å². The van der Waals surface area contributed by atoms with E-state index in [1.165, 1.54) is 0 Å². The predicted molar refractivity (Wildman–Crippen MR) is 33.3 cm³/mol. The number of aliphatic hydroxyl groups excluding tert-OH is 1. The van der Waals surface area contributed by atoms with Crippen LogP contribution in [0.15, 0.2) is 0 Å². The molecule has 9 heavy (non-hydrogen) atoms. The fourth-order valence-corrected chi connectivity index (χ4v) is 0.813. The van der Waals surface area contributed by atoms with Crippen LogP contribution in [0, 0.1) is 0 Å². The summed E-state index contributed by atoms with van der Waals surface area (Å²) < 4.78 is 5.12. The van der Waals surface area contributed by atoms with E-state index in [9.17, 15) is 0 Å². The summed E-state index contributed by atoms with van der Waals surface area (Å²) in [5.41, 5.74) is -0.321. The standard InChI is InChI=1S/C6H12NO2/c1-6(4-8)5-9-3-2-7-6/h8H,2-5H2,1H3. The van der Waals surface area contributed by atoms with Crippen LogP contribution >= 0.6 is 0 Å². The second-order valence-corrected chi connectivity index (χ2v) is 2.59. The number of ether oxygens (including phenoxy) is 1. The molecule has 0 amide bonds. The van der Waals surface area contributed by atoms with E-state index in [2.05, 4.69) is 5.32 Å². The second-order valence-electron chi connectivity index (χ2n) is 2.59. The zero-order valence-corrected chi connectivity index (χ0v) is 5.63. The van der Waals surface area contributed by atoms with Crippen LogP contribution in [-0.2, 0) is 4.74 Å². The molecule has 1 aliphatic heterocycles. The number of aliphatic hydroxyl groups is 1. The van der Waals surface area contributed by atoms with Gasteiger partial charge < -0.3 is 9.84 Å². The Bertz CT molecular complexity index is 89.1. The first-order chi connectivity index (χ1) is 4.27. The minimum absolute atomic E-state index is 0.0903. The van der Waals surface area contributed by atoms with Crippen molar-refractivity contribution in [2.45, 2.75) is 12.5 Å². The van der Waals surface area contributed by atoms with Gasteiger partial charge >= 0.3 is 0 Å². The largest absolute Gasteiger partial charge is 0.394 e. The van der Waals surface area contributed by atoms with Gasteiger partial charge in [0.25, 0.3) is 0 Å². The van der Waals surface area contributed by atoms with E-state index >= 15 is 0 Å². The highest BCUT2D eigenvalue weighted by Crippen LogP contribution is 2.08. The molecular formula is C6H12NO2. The summed E-state index contributed by atoms with van der Waals surface area (Å²) in [5, 5.41) is 13.0. The molecule has 1 aliphatic rings. The highest BCUT2D eigenvalue weighted by Gasteiger charge is 2.26. The first-order valence-electron chi connectivity index (χ1n) is 3.14. The molecule has 3 heteroatoms. The van der Waals surface area contributed by atoms with Crippen molar-refractivity contribution in [2.24, 2.45) is 0 Å². The van der Waals surface area contributed by atoms with Crippen molar-refractivity contribution in [1.29, 1.82) is 0 Å². The van der Waals surface area contributed by atoms with Crippen molar-refractivity contribution < 1.29 is 9.84 Å². The maximum absolute atomic E-state index is 8.78. The zero-order chi connectivity index (χ0) is 6.74. The molecule has 0 bridgehead atoms. The predicted octanol–water partition coefficient (Wildman–Crippen LogP) is -0.628. The van der Waals surface area contributed by atoms with Crippen LogP contribution in [-0.4, -0.2) is 37.0 Å². The number of hydrogen-bond acceptors (Lipinski definition) is 2. The van der Waals surface area contributed by atoms with Gasteiger partial charge in [-0.3, -0.25) is 0 Å². The second kappa shape index (κ2) is 2.64. The van der Waals surface area contributed by atoms with Crippen molar-refractivity contribution in [2.75, 3.05) is 26.4 Å². The van der Waals surface area contributed by atoms with Gasteiger partial charge in [-0.1, -0.05) is 0 Å². The molecule has 53 valence electrons. The summed E-state index contributed by atoms with van der Waals surface area (Å²) in [6, 6.07) is 0. The first-order valence-corrected chi connectivity index (χ1v) is 3.14. The highest BCUT2D eigenvalue weighted by molar-refractivity contribution is 4.83. The molecule has 1 radical (unpaired) electrons. The molecule has 0 saturated carbocycles. The van der Waals surface area contributed by atoms with E-state index in [-0.39, 0.29) is 12.1 Å². The first kappa shape index (κ1) is 6.99. The van der Waals surface area contributed by atoms with Crippen LogP contribution in [0.25, 0.3) is 0 Å². The molecule has 0 spiro atoms. The number of hydrogen-bond donors (Lipinski definition) is 1. The van der Waals surface area contributed by atoms with E-state index < -0.39 is 0 Å². The minimum Gasteiger partial charge on any atom is -0.394 e. The third-order valence-electron chi connectivity index (χ3n) is 1.48. The van der Waals surface area contributed by atoms with Crippen molar-refractivity contribution in [1.82, 2.24) is 5.32 Å². The van der Waals surface area contributed by atoms with Gasteiger partial charge in [0.1, 0.15) is 0 Å². The van der Waals surface area contributed by atoms with Gasteiger partial charge in [-0.05, 0) is 6.92 Å². The Morgan fingerprint density at radius 2 is 2.56 bits per heavy atom. The van der Waals surface area contributed by atoms with Crippen LogP contribution in [0.3, 0.4) is 0 Å². The Hall–Kier alpha value is -0.120. The number of nitrogens with zero attached hydrogens (tertiary/aromatic N) is 1. The molecule has 0 aliphatic carbocycles. The normalized spacial score (nSPS) is 36.7. The molecule has 1 fully saturated rings. The molecule has 1 saturated heterocycles. The third kappa shape index (κ3) is 1.64. The van der Waals surface area contributed by atoms with Crippen molar-refractivity contribution in [3.05, 3.63) is 0 Å². The quantitative estimate of drug-likeness (QED) is 0.513. The SMILES string of the molecule is CC1(CO)COCC[N]1. The van der Waals surface area contributed by atoms with Gasteiger partial charge in [0, 0.05) is 6.54 Å². The van der Waals surface area contributed by atoms with E-state index in [4.69, 9.17) is 9.84 Å². The molecule has 0 aromatic heterocycles. The Kier molecular flexibility index (Phi) is 2.05. The molecule has 1 N–H and O–H groups in total. The number of rotatable bonds is 1. The van der Waals surface area contributed by atoms with E-state index in [1.54, 1.807) is 0 Å². The van der Waals surface area contributed by atoms with Crippen molar-refractivity contribution in [3.63, 3.8) is 0 Å². The maximum atomic E-state index is 8.78. The maximum Gasteiger partial charge on any atom is 0.0792 e. The fraction of sp³-hybridized carbons (Fsp3) is 1.00. The summed E-state index contributed by atoms with van der Waals surface area (Å²) in [7, 11) is 0. The summed E-state index contributed by atoms with van der Waals surface area (Å²) in [5.74, 6) is 0. The summed E-state index contributed by atoms with van der Waals surface area (Å²) in [6.07, 6.45) is 0. The lowest BCUT2D eigenvalue weighted by Crippen LogP contribution is -2.49. The summed E-state index contributed by atoms with van der Waals surface area (Å²) in [4.78, 5) is 0. The fourth-order valence-electron chi connectivity index (χ4n) is 0.813. The van der Waals surface area contributed by atoms with E-state index in [0.717, 1.165) is 6.54 Å². The van der Waals surface area contributed by atoms with Gasteiger partial charge in [0.15, 0.2) is 0 Å². The minimum atomic E-state index is -0.321. The van der Waals surface area contributed by atoms with Crippen LogP contribution in [0.2, 0.25) is 0 Å². The van der Waals surface area contributed by atoms with Crippen LogP contribution in [0.5, 0.6) is 0 Å². The molecule has 3 nitrogen and oxygen atoms in total. The average molecular weight is 130 g/mol. The van der Waals surface area contributed by atoms with Gasteiger partial charge in [-0.2, -0.15) is 0 Å². The van der Waals surface area contributed by atoms with Gasteiger partial charge in [0.05, 0.1) is 25.4 Å². The average Bonchev–Trinajstić information content (AvgIpc) is 1.90. The lowest BCUT2D eigenvalue weighted by Gasteiger charge is -2.30. The monoisotopic (exact) mass is 130 g/mol. The molecule has 0 aromatic rings. The number of morpholine rings is 1. The molecular weight excluding hydrogens is 118 g/mol. The molecule has 1 atom stereocenters.